The van der Waals surface area contributed by atoms with Gasteiger partial charge in [0.2, 0.25) is 0 Å². The third kappa shape index (κ3) is 2.95. The Morgan fingerprint density at radius 3 is 2.50 bits per heavy atom. The third-order valence-electron chi connectivity index (χ3n) is 3.32. The number of aromatic nitrogens is 2. The molecular weight excluding hydrogens is 294 g/mol. The van der Waals surface area contributed by atoms with Crippen LogP contribution in [0.25, 0.3) is 0 Å². The molecule has 0 spiro atoms. The number of hydrogen-bond donors (Lipinski definition) is 0. The van der Waals surface area contributed by atoms with Gasteiger partial charge in [0.05, 0.1) is 28.1 Å². The first-order valence-corrected chi connectivity index (χ1v) is 7.40. The Morgan fingerprint density at radius 2 is 1.94 bits per heavy atom. The van der Waals surface area contributed by atoms with Crippen molar-refractivity contribution in [1.29, 1.82) is 0 Å². The highest BCUT2D eigenvalue weighted by Crippen LogP contribution is 2.24. The number of aryl methyl sites for hydroxylation is 2. The zero-order chi connectivity index (χ0) is 13.3. The fraction of sp³-hybridized carbons (Fsp3) is 0.769. The second-order valence-electron chi connectivity index (χ2n) is 5.11. The van der Waals surface area contributed by atoms with E-state index in [-0.39, 0.29) is 0 Å². The van der Waals surface area contributed by atoms with E-state index in [2.05, 4.69) is 51.4 Å². The number of nitrogens with zero attached hydrogens (tertiary/aromatic N) is 3. The fourth-order valence-corrected chi connectivity index (χ4v) is 3.05. The normalized spacial score (nSPS) is 25.6. The molecule has 0 N–H and O–H groups in total. The van der Waals surface area contributed by atoms with Crippen LogP contribution in [0, 0.1) is 6.92 Å². The van der Waals surface area contributed by atoms with Gasteiger partial charge in [-0.1, -0.05) is 0 Å². The summed E-state index contributed by atoms with van der Waals surface area (Å²) in [5, 5.41) is 4.54. The summed E-state index contributed by atoms with van der Waals surface area (Å²) in [6.45, 7) is 12.3. The van der Waals surface area contributed by atoms with Gasteiger partial charge in [-0.05, 0) is 43.6 Å². The van der Waals surface area contributed by atoms with Crippen LogP contribution in [0.1, 0.15) is 32.2 Å². The van der Waals surface area contributed by atoms with Gasteiger partial charge in [0.25, 0.3) is 0 Å². The van der Waals surface area contributed by atoms with Gasteiger partial charge in [-0.3, -0.25) is 9.58 Å². The van der Waals surface area contributed by atoms with E-state index in [1.165, 1.54) is 5.69 Å². The van der Waals surface area contributed by atoms with E-state index >= 15 is 0 Å². The first-order valence-electron chi connectivity index (χ1n) is 6.60. The van der Waals surface area contributed by atoms with E-state index in [0.717, 1.165) is 36.3 Å². The predicted octanol–water partition coefficient (Wildman–Crippen LogP) is 2.58. The van der Waals surface area contributed by atoms with Gasteiger partial charge in [-0.2, -0.15) is 5.10 Å². The van der Waals surface area contributed by atoms with Gasteiger partial charge < -0.3 is 4.74 Å². The number of hydrogen-bond acceptors (Lipinski definition) is 3. The minimum absolute atomic E-state index is 0.312. The molecule has 2 atom stereocenters. The lowest BCUT2D eigenvalue weighted by molar-refractivity contribution is -0.0711. The third-order valence-corrected chi connectivity index (χ3v) is 4.35. The Hall–Kier alpha value is -0.390. The molecule has 0 amide bonds. The predicted molar refractivity (Wildman–Crippen MR) is 75.6 cm³/mol. The maximum absolute atomic E-state index is 5.77. The zero-order valence-corrected chi connectivity index (χ0v) is 13.2. The highest BCUT2D eigenvalue weighted by molar-refractivity contribution is 9.10. The molecule has 0 aliphatic carbocycles. The lowest BCUT2D eigenvalue weighted by Gasteiger charge is -2.35. The lowest BCUT2D eigenvalue weighted by atomic mass is 10.2. The minimum Gasteiger partial charge on any atom is -0.373 e. The molecule has 1 aromatic heterocycles. The quantitative estimate of drug-likeness (QED) is 0.859. The Balaban J connectivity index is 2.13. The van der Waals surface area contributed by atoms with Gasteiger partial charge in [0.1, 0.15) is 0 Å². The van der Waals surface area contributed by atoms with E-state index in [1.807, 2.05) is 6.92 Å². The van der Waals surface area contributed by atoms with E-state index in [1.54, 1.807) is 0 Å². The summed E-state index contributed by atoms with van der Waals surface area (Å²) >= 11 is 3.66. The molecule has 1 aromatic rings. The molecule has 0 radical (unpaired) electrons. The van der Waals surface area contributed by atoms with Crippen LogP contribution in [0.4, 0.5) is 0 Å². The topological polar surface area (TPSA) is 30.3 Å². The maximum atomic E-state index is 5.77. The maximum Gasteiger partial charge on any atom is 0.0739 e. The SMILES string of the molecule is CCn1nc(C)c(Br)c1CN1C[C@@H](C)O[C@@H](C)C1. The average molecular weight is 316 g/mol. The molecule has 0 unspecified atom stereocenters. The number of rotatable bonds is 3. The molecule has 18 heavy (non-hydrogen) atoms. The van der Waals surface area contributed by atoms with Crippen LogP contribution in [0.3, 0.4) is 0 Å². The molecule has 4 nitrogen and oxygen atoms in total. The molecule has 0 aromatic carbocycles. The average Bonchev–Trinajstić information content (AvgIpc) is 2.55. The van der Waals surface area contributed by atoms with Crippen LogP contribution in [0.5, 0.6) is 0 Å². The van der Waals surface area contributed by atoms with E-state index in [0.29, 0.717) is 12.2 Å². The van der Waals surface area contributed by atoms with Gasteiger partial charge in [0, 0.05) is 26.2 Å². The first-order chi connectivity index (χ1) is 8.51. The monoisotopic (exact) mass is 315 g/mol. The fourth-order valence-electron chi connectivity index (χ4n) is 2.65. The van der Waals surface area contributed by atoms with Crippen molar-refractivity contribution < 1.29 is 4.74 Å². The van der Waals surface area contributed by atoms with E-state index in [4.69, 9.17) is 4.74 Å². The van der Waals surface area contributed by atoms with Crippen molar-refractivity contribution >= 4 is 15.9 Å². The largest absolute Gasteiger partial charge is 0.373 e. The number of morpholine rings is 1. The van der Waals surface area contributed by atoms with Crippen molar-refractivity contribution in [3.63, 3.8) is 0 Å². The number of ether oxygens (including phenoxy) is 1. The van der Waals surface area contributed by atoms with Crippen LogP contribution < -0.4 is 0 Å². The molecule has 2 heterocycles. The molecule has 1 fully saturated rings. The van der Waals surface area contributed by atoms with Gasteiger partial charge in [-0.15, -0.1) is 0 Å². The highest BCUT2D eigenvalue weighted by Gasteiger charge is 2.24. The molecule has 1 aliphatic rings. The Kier molecular flexibility index (Phi) is 4.45. The summed E-state index contributed by atoms with van der Waals surface area (Å²) in [7, 11) is 0. The molecular formula is C13H22BrN3O. The minimum atomic E-state index is 0.312. The lowest BCUT2D eigenvalue weighted by Crippen LogP contribution is -2.45. The van der Waals surface area contributed by atoms with Crippen LogP contribution in [-0.2, 0) is 17.8 Å². The smallest absolute Gasteiger partial charge is 0.0739 e. The van der Waals surface area contributed by atoms with Gasteiger partial charge in [0.15, 0.2) is 0 Å². The summed E-state index contributed by atoms with van der Waals surface area (Å²) in [5.74, 6) is 0. The Morgan fingerprint density at radius 1 is 1.33 bits per heavy atom. The zero-order valence-electron chi connectivity index (χ0n) is 11.6. The first kappa shape index (κ1) is 14.0. The van der Waals surface area contributed by atoms with Crippen molar-refractivity contribution in [3.05, 3.63) is 15.9 Å². The summed E-state index contributed by atoms with van der Waals surface area (Å²) in [6, 6.07) is 0. The molecule has 1 aliphatic heterocycles. The highest BCUT2D eigenvalue weighted by atomic mass is 79.9. The van der Waals surface area contributed by atoms with Crippen molar-refractivity contribution in [1.82, 2.24) is 14.7 Å². The van der Waals surface area contributed by atoms with Crippen molar-refractivity contribution in [2.75, 3.05) is 13.1 Å². The molecule has 0 saturated carbocycles. The summed E-state index contributed by atoms with van der Waals surface area (Å²) in [5.41, 5.74) is 2.34. The number of halogens is 1. The van der Waals surface area contributed by atoms with Crippen molar-refractivity contribution in [2.24, 2.45) is 0 Å². The summed E-state index contributed by atoms with van der Waals surface area (Å²) in [6.07, 6.45) is 0.623. The van der Waals surface area contributed by atoms with Crippen molar-refractivity contribution in [3.8, 4) is 0 Å². The summed E-state index contributed by atoms with van der Waals surface area (Å²) < 4.78 is 9.01. The van der Waals surface area contributed by atoms with E-state index < -0.39 is 0 Å². The van der Waals surface area contributed by atoms with E-state index in [9.17, 15) is 0 Å². The second-order valence-corrected chi connectivity index (χ2v) is 5.91. The van der Waals surface area contributed by atoms with Crippen molar-refractivity contribution in [2.45, 2.75) is 53.0 Å². The Labute approximate surface area is 117 Å². The molecule has 1 saturated heterocycles. The second kappa shape index (κ2) is 5.72. The van der Waals surface area contributed by atoms with Crippen LogP contribution in [-0.4, -0.2) is 40.0 Å². The van der Waals surface area contributed by atoms with Crippen LogP contribution in [0.15, 0.2) is 4.47 Å². The molecule has 2 rings (SSSR count). The standard InChI is InChI=1S/C13H22BrN3O/c1-5-17-12(13(14)11(4)15-17)8-16-6-9(2)18-10(3)7-16/h9-10H,5-8H2,1-4H3/t9-,10+. The Bertz CT molecular complexity index is 409. The van der Waals surface area contributed by atoms with Gasteiger partial charge in [-0.25, -0.2) is 0 Å². The molecule has 102 valence electrons. The molecule has 5 heteroatoms. The van der Waals surface area contributed by atoms with Crippen LogP contribution in [0.2, 0.25) is 0 Å². The molecule has 0 bridgehead atoms. The van der Waals surface area contributed by atoms with Crippen LogP contribution >= 0.6 is 15.9 Å². The summed E-state index contributed by atoms with van der Waals surface area (Å²) in [4.78, 5) is 2.45. The van der Waals surface area contributed by atoms with Gasteiger partial charge >= 0.3 is 0 Å².